The maximum absolute atomic E-state index is 14.8. The summed E-state index contributed by atoms with van der Waals surface area (Å²) in [6.45, 7) is 3.58. The molecule has 2 aromatic rings. The summed E-state index contributed by atoms with van der Waals surface area (Å²) >= 11 is 0. The number of halogens is 1. The molecule has 0 spiro atoms. The van der Waals surface area contributed by atoms with Crippen LogP contribution in [0, 0.1) is 42.8 Å². The Hall–Kier alpha value is -1.97. The molecule has 4 fully saturated rings. The van der Waals surface area contributed by atoms with E-state index in [1.54, 1.807) is 13.8 Å². The molecule has 4 saturated carbocycles. The minimum Gasteiger partial charge on any atom is -0.269 e. The minimum atomic E-state index is -0.208. The first-order chi connectivity index (χ1) is 13.9. The van der Waals surface area contributed by atoms with Crippen molar-refractivity contribution in [1.29, 1.82) is 0 Å². The van der Waals surface area contributed by atoms with Crippen LogP contribution < -0.4 is 5.56 Å². The summed E-state index contributed by atoms with van der Waals surface area (Å²) in [5, 5.41) is 0. The van der Waals surface area contributed by atoms with Crippen molar-refractivity contribution in [1.82, 2.24) is 9.55 Å². The summed E-state index contributed by atoms with van der Waals surface area (Å²) in [6.07, 6.45) is 11.8. The van der Waals surface area contributed by atoms with Crippen LogP contribution in [0.25, 0.3) is 5.69 Å². The van der Waals surface area contributed by atoms with Gasteiger partial charge in [-0.2, -0.15) is 0 Å². The fourth-order valence-electron chi connectivity index (χ4n) is 7.18. The number of benzene rings is 1. The molecule has 1 aromatic carbocycles. The van der Waals surface area contributed by atoms with Gasteiger partial charge in [0.25, 0.3) is 5.56 Å². The van der Waals surface area contributed by atoms with Crippen molar-refractivity contribution < 1.29 is 4.39 Å². The highest BCUT2D eigenvalue weighted by molar-refractivity contribution is 5.37. The molecule has 0 saturated heterocycles. The molecule has 1 aromatic heterocycles. The fraction of sp³-hybridized carbons (Fsp3) is 0.600. The number of hydrogen-bond acceptors (Lipinski definition) is 2. The lowest BCUT2D eigenvalue weighted by atomic mass is 9.48. The number of hydrogen-bond donors (Lipinski definition) is 0. The molecule has 6 rings (SSSR count). The molecule has 4 heteroatoms. The quantitative estimate of drug-likeness (QED) is 0.668. The Kier molecular flexibility index (Phi) is 4.64. The van der Waals surface area contributed by atoms with E-state index >= 15 is 0 Å². The molecular formula is C25H31FN2O. The van der Waals surface area contributed by atoms with E-state index in [-0.39, 0.29) is 11.4 Å². The van der Waals surface area contributed by atoms with Gasteiger partial charge in [0.15, 0.2) is 0 Å². The molecule has 0 amide bonds. The molecule has 29 heavy (non-hydrogen) atoms. The van der Waals surface area contributed by atoms with Crippen molar-refractivity contribution in [2.24, 2.45) is 23.2 Å². The Morgan fingerprint density at radius 1 is 1.07 bits per heavy atom. The lowest BCUT2D eigenvalue weighted by Crippen LogP contribution is -2.45. The van der Waals surface area contributed by atoms with Gasteiger partial charge < -0.3 is 0 Å². The second-order valence-electron chi connectivity index (χ2n) is 10.2. The van der Waals surface area contributed by atoms with Gasteiger partial charge in [0.2, 0.25) is 0 Å². The summed E-state index contributed by atoms with van der Waals surface area (Å²) < 4.78 is 16.3. The zero-order valence-electron chi connectivity index (χ0n) is 17.6. The molecular weight excluding hydrogens is 363 g/mol. The number of aromatic nitrogens is 2. The average molecular weight is 395 g/mol. The summed E-state index contributed by atoms with van der Waals surface area (Å²) in [4.78, 5) is 16.7. The SMILES string of the molecule is Cc1cc(=O)n(-c2ccc(CCCC34CC5CC(CC(C5)C3)C4)c(F)c2)c(C)n1. The van der Waals surface area contributed by atoms with Crippen LogP contribution >= 0.6 is 0 Å². The molecule has 0 aliphatic heterocycles. The second kappa shape index (κ2) is 7.07. The Bertz CT molecular complexity index is 958. The molecule has 4 aliphatic rings. The van der Waals surface area contributed by atoms with E-state index < -0.39 is 0 Å². The molecule has 0 radical (unpaired) electrons. The van der Waals surface area contributed by atoms with E-state index in [0.717, 1.165) is 36.2 Å². The lowest BCUT2D eigenvalue weighted by molar-refractivity contribution is -0.0580. The number of aryl methyl sites for hydroxylation is 3. The number of rotatable bonds is 5. The van der Waals surface area contributed by atoms with E-state index in [4.69, 9.17) is 0 Å². The Morgan fingerprint density at radius 3 is 2.31 bits per heavy atom. The van der Waals surface area contributed by atoms with Crippen LogP contribution in [-0.2, 0) is 6.42 Å². The predicted molar refractivity (Wildman–Crippen MR) is 113 cm³/mol. The first kappa shape index (κ1) is 19.0. The molecule has 0 atom stereocenters. The van der Waals surface area contributed by atoms with Crippen LogP contribution in [-0.4, -0.2) is 9.55 Å². The Morgan fingerprint density at radius 2 is 1.72 bits per heavy atom. The van der Waals surface area contributed by atoms with Gasteiger partial charge in [0.1, 0.15) is 11.6 Å². The first-order valence-electron chi connectivity index (χ1n) is 11.3. The molecule has 4 aliphatic carbocycles. The van der Waals surface area contributed by atoms with E-state index in [0.29, 0.717) is 22.6 Å². The van der Waals surface area contributed by atoms with Crippen molar-refractivity contribution in [3.05, 3.63) is 57.5 Å². The van der Waals surface area contributed by atoms with Gasteiger partial charge in [0, 0.05) is 11.8 Å². The van der Waals surface area contributed by atoms with Gasteiger partial charge in [-0.1, -0.05) is 6.07 Å². The van der Waals surface area contributed by atoms with Crippen molar-refractivity contribution in [2.75, 3.05) is 0 Å². The Labute approximate surface area is 172 Å². The summed E-state index contributed by atoms with van der Waals surface area (Å²) in [5.41, 5.74) is 2.41. The van der Waals surface area contributed by atoms with E-state index in [2.05, 4.69) is 4.98 Å². The van der Waals surface area contributed by atoms with Gasteiger partial charge in [0.05, 0.1) is 5.69 Å². The lowest BCUT2D eigenvalue weighted by Gasteiger charge is -2.57. The monoisotopic (exact) mass is 394 g/mol. The molecule has 1 heterocycles. The molecule has 0 N–H and O–H groups in total. The van der Waals surface area contributed by atoms with Crippen molar-refractivity contribution >= 4 is 0 Å². The fourth-order valence-corrected chi connectivity index (χ4v) is 7.18. The standard InChI is InChI=1S/C25H31FN2O/c1-16-8-24(29)28(17(2)27-16)22-6-5-21(23(26)12-22)4-3-7-25-13-18-9-19(14-25)11-20(10-18)15-25/h5-6,8,12,18-20H,3-4,7,9-11,13-15H2,1-2H3. The predicted octanol–water partition coefficient (Wildman–Crippen LogP) is 5.53. The van der Waals surface area contributed by atoms with Crippen LogP contribution in [0.15, 0.2) is 29.1 Å². The highest BCUT2D eigenvalue weighted by atomic mass is 19.1. The average Bonchev–Trinajstić information content (AvgIpc) is 2.61. The van der Waals surface area contributed by atoms with Crippen molar-refractivity contribution in [3.63, 3.8) is 0 Å². The van der Waals surface area contributed by atoms with Crippen molar-refractivity contribution in [3.8, 4) is 5.69 Å². The zero-order valence-corrected chi connectivity index (χ0v) is 17.6. The van der Waals surface area contributed by atoms with Crippen molar-refractivity contribution in [2.45, 2.75) is 71.6 Å². The van der Waals surface area contributed by atoms with Crippen LogP contribution in [0.3, 0.4) is 0 Å². The van der Waals surface area contributed by atoms with Gasteiger partial charge >= 0.3 is 0 Å². The maximum Gasteiger partial charge on any atom is 0.258 e. The summed E-state index contributed by atoms with van der Waals surface area (Å²) in [7, 11) is 0. The summed E-state index contributed by atoms with van der Waals surface area (Å²) in [6, 6.07) is 6.69. The van der Waals surface area contributed by atoms with Gasteiger partial charge in [-0.3, -0.25) is 9.36 Å². The minimum absolute atomic E-state index is 0.163. The summed E-state index contributed by atoms with van der Waals surface area (Å²) in [5.74, 6) is 3.30. The van der Waals surface area contributed by atoms with Gasteiger partial charge in [-0.15, -0.1) is 0 Å². The van der Waals surface area contributed by atoms with Gasteiger partial charge in [-0.05, 0) is 112 Å². The van der Waals surface area contributed by atoms with Crippen LogP contribution in [0.2, 0.25) is 0 Å². The molecule has 4 bridgehead atoms. The highest BCUT2D eigenvalue weighted by Gasteiger charge is 2.50. The van der Waals surface area contributed by atoms with Gasteiger partial charge in [-0.25, -0.2) is 9.37 Å². The largest absolute Gasteiger partial charge is 0.269 e. The zero-order chi connectivity index (χ0) is 20.2. The third-order valence-corrected chi connectivity index (χ3v) is 7.83. The van der Waals surface area contributed by atoms with E-state index in [1.165, 1.54) is 61.6 Å². The third-order valence-electron chi connectivity index (χ3n) is 7.83. The van der Waals surface area contributed by atoms with Crippen LogP contribution in [0.1, 0.15) is 68.4 Å². The normalized spacial score (nSPS) is 30.1. The van der Waals surface area contributed by atoms with E-state index in [1.807, 2.05) is 12.1 Å². The number of nitrogens with zero attached hydrogens (tertiary/aromatic N) is 2. The van der Waals surface area contributed by atoms with Crippen LogP contribution in [0.5, 0.6) is 0 Å². The smallest absolute Gasteiger partial charge is 0.258 e. The molecule has 0 unspecified atom stereocenters. The third kappa shape index (κ3) is 3.55. The second-order valence-corrected chi connectivity index (χ2v) is 10.2. The first-order valence-corrected chi connectivity index (χ1v) is 11.3. The maximum atomic E-state index is 14.8. The van der Waals surface area contributed by atoms with Crippen LogP contribution in [0.4, 0.5) is 4.39 Å². The Balaban J connectivity index is 1.28. The molecule has 3 nitrogen and oxygen atoms in total. The highest BCUT2D eigenvalue weighted by Crippen LogP contribution is 2.61. The molecule has 154 valence electrons. The topological polar surface area (TPSA) is 34.9 Å². The van der Waals surface area contributed by atoms with E-state index in [9.17, 15) is 9.18 Å².